The Hall–Kier alpha value is -2.20. The Bertz CT molecular complexity index is 888. The van der Waals surface area contributed by atoms with Gasteiger partial charge in [-0.2, -0.15) is 0 Å². The highest BCUT2D eigenvalue weighted by atomic mass is 32.2. The van der Waals surface area contributed by atoms with Crippen LogP contribution in [0.1, 0.15) is 19.6 Å². The molecule has 2 aromatic rings. The minimum atomic E-state index is -3.72. The number of rotatable bonds is 7. The van der Waals surface area contributed by atoms with E-state index in [-0.39, 0.29) is 29.6 Å². The van der Waals surface area contributed by atoms with Crippen molar-refractivity contribution in [3.05, 3.63) is 48.4 Å². The van der Waals surface area contributed by atoms with Crippen molar-refractivity contribution in [3.63, 3.8) is 0 Å². The lowest BCUT2D eigenvalue weighted by Gasteiger charge is -2.31. The summed E-state index contributed by atoms with van der Waals surface area (Å²) in [5, 5.41) is 2.79. The molecule has 1 amide bonds. The van der Waals surface area contributed by atoms with Gasteiger partial charge in [-0.05, 0) is 44.2 Å². The Balaban J connectivity index is 1.60. The molecule has 0 saturated carbocycles. The summed E-state index contributed by atoms with van der Waals surface area (Å²) in [6, 6.07) is 9.58. The van der Waals surface area contributed by atoms with E-state index >= 15 is 0 Å². The number of anilines is 1. The van der Waals surface area contributed by atoms with Crippen molar-refractivity contribution in [3.8, 4) is 0 Å². The molecule has 152 valence electrons. The first kappa shape index (κ1) is 20.5. The van der Waals surface area contributed by atoms with Crippen LogP contribution < -0.4 is 14.9 Å². The highest BCUT2D eigenvalue weighted by molar-refractivity contribution is 7.89. The van der Waals surface area contributed by atoms with Gasteiger partial charge in [0.05, 0.1) is 17.7 Å². The van der Waals surface area contributed by atoms with Gasteiger partial charge in [-0.1, -0.05) is 6.07 Å². The second-order valence-corrected chi connectivity index (χ2v) is 8.84. The minimum Gasteiger partial charge on any atom is -0.468 e. The van der Waals surface area contributed by atoms with Gasteiger partial charge in [0, 0.05) is 5.69 Å². The van der Waals surface area contributed by atoms with Crippen LogP contribution in [0.5, 0.6) is 0 Å². The zero-order valence-corrected chi connectivity index (χ0v) is 16.8. The number of morpholine rings is 1. The van der Waals surface area contributed by atoms with Gasteiger partial charge < -0.3 is 19.4 Å². The smallest absolute Gasteiger partial charge is 0.279 e. The fraction of sp³-hybridized carbons (Fsp3) is 0.421. The van der Waals surface area contributed by atoms with Gasteiger partial charge in [0.15, 0.2) is 6.54 Å². The molecule has 1 aromatic carbocycles. The number of hydrogen-bond acceptors (Lipinski definition) is 5. The number of furan rings is 1. The monoisotopic (exact) mass is 408 g/mol. The number of nitrogens with one attached hydrogen (secondary N) is 3. The van der Waals surface area contributed by atoms with E-state index < -0.39 is 10.0 Å². The summed E-state index contributed by atoms with van der Waals surface area (Å²) in [4.78, 5) is 13.6. The number of ether oxygens (including phenoxy) is 1. The van der Waals surface area contributed by atoms with Gasteiger partial charge in [-0.25, -0.2) is 13.1 Å². The minimum absolute atomic E-state index is 0.0582. The molecule has 0 radical (unpaired) electrons. The molecule has 3 rings (SSSR count). The highest BCUT2D eigenvalue weighted by Crippen LogP contribution is 2.16. The Morgan fingerprint density at radius 2 is 1.93 bits per heavy atom. The van der Waals surface area contributed by atoms with Crippen molar-refractivity contribution in [1.82, 2.24) is 4.72 Å². The molecule has 2 atom stereocenters. The van der Waals surface area contributed by atoms with Crippen molar-refractivity contribution in [2.45, 2.75) is 37.5 Å². The molecule has 0 unspecified atom stereocenters. The van der Waals surface area contributed by atoms with Crippen molar-refractivity contribution < 1.29 is 27.3 Å². The van der Waals surface area contributed by atoms with Gasteiger partial charge in [-0.15, -0.1) is 0 Å². The van der Waals surface area contributed by atoms with Crippen molar-refractivity contribution in [1.29, 1.82) is 0 Å². The Kier molecular flexibility index (Phi) is 6.50. The van der Waals surface area contributed by atoms with Crippen LogP contribution in [-0.2, 0) is 26.1 Å². The first-order chi connectivity index (χ1) is 13.3. The normalized spacial score (nSPS) is 22.7. The predicted molar refractivity (Wildman–Crippen MR) is 103 cm³/mol. The van der Waals surface area contributed by atoms with Crippen molar-refractivity contribution >= 4 is 21.6 Å². The van der Waals surface area contributed by atoms with E-state index in [1.165, 1.54) is 18.4 Å². The van der Waals surface area contributed by atoms with Crippen LogP contribution in [0.4, 0.5) is 5.69 Å². The number of hydrogen-bond donors (Lipinski definition) is 3. The maximum Gasteiger partial charge on any atom is 0.279 e. The maximum atomic E-state index is 12.5. The molecule has 0 bridgehead atoms. The second kappa shape index (κ2) is 8.87. The molecule has 1 fully saturated rings. The number of amides is 1. The summed E-state index contributed by atoms with van der Waals surface area (Å²) >= 11 is 0. The molecule has 1 aromatic heterocycles. The van der Waals surface area contributed by atoms with Crippen LogP contribution >= 0.6 is 0 Å². The van der Waals surface area contributed by atoms with E-state index in [9.17, 15) is 13.2 Å². The SMILES string of the molecule is C[C@@H]1C[NH+](CC(=O)Nc2cccc(S(=O)(=O)NCc3ccco3)c2)C[C@@H](C)O1. The van der Waals surface area contributed by atoms with E-state index in [4.69, 9.17) is 9.15 Å². The van der Waals surface area contributed by atoms with Crippen LogP contribution in [0, 0.1) is 0 Å². The zero-order valence-electron chi connectivity index (χ0n) is 16.0. The van der Waals surface area contributed by atoms with E-state index in [0.717, 1.165) is 18.0 Å². The van der Waals surface area contributed by atoms with E-state index in [1.807, 2.05) is 13.8 Å². The molecular weight excluding hydrogens is 382 g/mol. The van der Waals surface area contributed by atoms with Gasteiger partial charge in [0.1, 0.15) is 31.1 Å². The van der Waals surface area contributed by atoms with Gasteiger partial charge >= 0.3 is 0 Å². The Morgan fingerprint density at radius 3 is 2.61 bits per heavy atom. The van der Waals surface area contributed by atoms with Crippen molar-refractivity contribution in [2.24, 2.45) is 0 Å². The fourth-order valence-electron chi connectivity index (χ4n) is 3.37. The molecular formula is C19H26N3O5S+. The van der Waals surface area contributed by atoms with Crippen LogP contribution in [0.15, 0.2) is 52.0 Å². The summed E-state index contributed by atoms with van der Waals surface area (Å²) < 4.78 is 38.2. The number of carbonyl (C=O) groups is 1. The number of benzene rings is 1. The quantitative estimate of drug-likeness (QED) is 0.615. The summed E-state index contributed by atoms with van der Waals surface area (Å²) in [7, 11) is -3.72. The van der Waals surface area contributed by atoms with Crippen LogP contribution in [-0.4, -0.2) is 46.2 Å². The highest BCUT2D eigenvalue weighted by Gasteiger charge is 2.27. The molecule has 2 heterocycles. The summed E-state index contributed by atoms with van der Waals surface area (Å²) in [6.07, 6.45) is 1.71. The van der Waals surface area contributed by atoms with Crippen LogP contribution in [0.2, 0.25) is 0 Å². The molecule has 0 aliphatic carbocycles. The number of carbonyl (C=O) groups excluding carboxylic acids is 1. The zero-order chi connectivity index (χ0) is 20.1. The number of sulfonamides is 1. The first-order valence-electron chi connectivity index (χ1n) is 9.23. The average molecular weight is 409 g/mol. The molecule has 28 heavy (non-hydrogen) atoms. The Morgan fingerprint density at radius 1 is 1.18 bits per heavy atom. The largest absolute Gasteiger partial charge is 0.468 e. The second-order valence-electron chi connectivity index (χ2n) is 7.07. The van der Waals surface area contributed by atoms with Gasteiger partial charge in [-0.3, -0.25) is 4.79 Å². The predicted octanol–water partition coefficient (Wildman–Crippen LogP) is 0.389. The van der Waals surface area contributed by atoms with E-state index in [0.29, 0.717) is 18.0 Å². The van der Waals surface area contributed by atoms with E-state index in [1.54, 1.807) is 24.3 Å². The lowest BCUT2D eigenvalue weighted by molar-refractivity contribution is -0.907. The van der Waals surface area contributed by atoms with Gasteiger partial charge in [0.25, 0.3) is 5.91 Å². The Labute approximate surface area is 164 Å². The van der Waals surface area contributed by atoms with E-state index in [2.05, 4.69) is 10.0 Å². The van der Waals surface area contributed by atoms with Crippen LogP contribution in [0.3, 0.4) is 0 Å². The third-order valence-corrected chi connectivity index (χ3v) is 5.87. The average Bonchev–Trinajstić information content (AvgIpc) is 3.13. The summed E-state index contributed by atoms with van der Waals surface area (Å²) in [5.41, 5.74) is 0.444. The summed E-state index contributed by atoms with van der Waals surface area (Å²) in [6.45, 7) is 5.90. The molecule has 9 heteroatoms. The molecule has 1 aliphatic rings. The molecule has 8 nitrogen and oxygen atoms in total. The summed E-state index contributed by atoms with van der Waals surface area (Å²) in [5.74, 6) is 0.361. The molecule has 1 aliphatic heterocycles. The molecule has 0 spiro atoms. The lowest BCUT2D eigenvalue weighted by Crippen LogP contribution is -3.16. The van der Waals surface area contributed by atoms with Crippen LogP contribution in [0.25, 0.3) is 0 Å². The topological polar surface area (TPSA) is 102 Å². The first-order valence-corrected chi connectivity index (χ1v) is 10.7. The third kappa shape index (κ3) is 5.65. The lowest BCUT2D eigenvalue weighted by atomic mass is 10.2. The third-order valence-electron chi connectivity index (χ3n) is 4.47. The number of quaternary nitrogens is 1. The van der Waals surface area contributed by atoms with Crippen molar-refractivity contribution in [2.75, 3.05) is 25.0 Å². The maximum absolute atomic E-state index is 12.5. The van der Waals surface area contributed by atoms with Gasteiger partial charge in [0.2, 0.25) is 10.0 Å². The fourth-order valence-corrected chi connectivity index (χ4v) is 4.41. The molecule has 3 N–H and O–H groups in total. The molecule has 1 saturated heterocycles. The standard InChI is InChI=1S/C19H25N3O5S/c1-14-11-22(12-15(2)27-14)13-19(23)21-16-5-3-7-18(9-16)28(24,25)20-10-17-6-4-8-26-17/h3-9,14-15,20H,10-13H2,1-2H3,(H,21,23)/p+1/t14-,15-/m1/s1.